The lowest BCUT2D eigenvalue weighted by Gasteiger charge is -2.04. The van der Waals surface area contributed by atoms with Crippen molar-refractivity contribution in [2.24, 2.45) is 0 Å². The van der Waals surface area contributed by atoms with Gasteiger partial charge in [0.1, 0.15) is 0 Å². The zero-order chi connectivity index (χ0) is 19.3. The molecule has 1 amide bonds. The average Bonchev–Trinajstić information content (AvgIpc) is 3.15. The normalized spacial score (nSPS) is 12.0. The van der Waals surface area contributed by atoms with E-state index in [9.17, 15) is 13.2 Å². The Hall–Kier alpha value is -2.85. The molecule has 10 heteroatoms. The molecule has 0 aliphatic carbocycles. The quantitative estimate of drug-likeness (QED) is 0.560. The summed E-state index contributed by atoms with van der Waals surface area (Å²) in [6.45, 7) is 3.50. The number of anilines is 1. The summed E-state index contributed by atoms with van der Waals surface area (Å²) >= 11 is 1.20. The molecule has 0 aliphatic heterocycles. The van der Waals surface area contributed by atoms with Crippen LogP contribution in [0.4, 0.5) is 5.13 Å². The number of aromatic nitrogens is 3. The van der Waals surface area contributed by atoms with Crippen molar-refractivity contribution in [2.45, 2.75) is 18.7 Å². The summed E-state index contributed by atoms with van der Waals surface area (Å²) in [5, 5.41) is 7.56. The molecule has 0 bridgehead atoms. The van der Waals surface area contributed by atoms with E-state index in [2.05, 4.69) is 20.4 Å². The number of carbonyl (C=O) groups is 1. The van der Waals surface area contributed by atoms with Gasteiger partial charge in [-0.2, -0.15) is 0 Å². The number of thiazole rings is 1. The van der Waals surface area contributed by atoms with Crippen molar-refractivity contribution in [2.75, 3.05) is 11.6 Å². The van der Waals surface area contributed by atoms with E-state index in [0.29, 0.717) is 43.4 Å². The standard InChI is InChI=1S/C17H14N4O4S2/c1-8-6-11(14-9(2)21-25-16(14)18-8)15(22)20-17-19-12-5-4-10(27(3,23)24)7-13(12)26-17/h4-7H,1-3H3,(H,19,20,22). The van der Waals surface area contributed by atoms with Gasteiger partial charge in [-0.15, -0.1) is 0 Å². The third kappa shape index (κ3) is 3.17. The monoisotopic (exact) mass is 402 g/mol. The summed E-state index contributed by atoms with van der Waals surface area (Å²) in [6.07, 6.45) is 1.15. The van der Waals surface area contributed by atoms with Crippen molar-refractivity contribution in [1.29, 1.82) is 0 Å². The minimum atomic E-state index is -3.31. The Morgan fingerprint density at radius 2 is 1.96 bits per heavy atom. The first-order chi connectivity index (χ1) is 12.7. The number of amides is 1. The minimum absolute atomic E-state index is 0.211. The van der Waals surface area contributed by atoms with E-state index in [1.54, 1.807) is 32.0 Å². The van der Waals surface area contributed by atoms with Crippen LogP contribution >= 0.6 is 11.3 Å². The van der Waals surface area contributed by atoms with E-state index in [0.717, 1.165) is 6.26 Å². The number of rotatable bonds is 3. The second kappa shape index (κ2) is 6.10. The van der Waals surface area contributed by atoms with Crippen LogP contribution in [0.2, 0.25) is 0 Å². The van der Waals surface area contributed by atoms with Gasteiger partial charge in [-0.25, -0.2) is 18.4 Å². The topological polar surface area (TPSA) is 115 Å². The lowest BCUT2D eigenvalue weighted by molar-refractivity contribution is 0.102. The van der Waals surface area contributed by atoms with Crippen LogP contribution in [0.5, 0.6) is 0 Å². The van der Waals surface area contributed by atoms with Crippen LogP contribution in [0.25, 0.3) is 21.3 Å². The Kier molecular flexibility index (Phi) is 3.97. The molecule has 3 aromatic heterocycles. The van der Waals surface area contributed by atoms with E-state index in [4.69, 9.17) is 4.52 Å². The zero-order valence-electron chi connectivity index (χ0n) is 14.6. The van der Waals surface area contributed by atoms with Gasteiger partial charge >= 0.3 is 0 Å². The maximum atomic E-state index is 12.8. The van der Waals surface area contributed by atoms with Gasteiger partial charge in [0, 0.05) is 11.9 Å². The molecule has 0 saturated carbocycles. The van der Waals surface area contributed by atoms with Gasteiger partial charge in [0.25, 0.3) is 11.6 Å². The molecule has 4 rings (SSSR count). The molecular weight excluding hydrogens is 388 g/mol. The molecule has 0 radical (unpaired) electrons. The largest absolute Gasteiger partial charge is 0.336 e. The fourth-order valence-electron chi connectivity index (χ4n) is 2.75. The minimum Gasteiger partial charge on any atom is -0.336 e. The number of nitrogens with zero attached hydrogens (tertiary/aromatic N) is 3. The predicted molar refractivity (Wildman–Crippen MR) is 102 cm³/mol. The van der Waals surface area contributed by atoms with Crippen LogP contribution in [0.3, 0.4) is 0 Å². The third-order valence-electron chi connectivity index (χ3n) is 4.00. The van der Waals surface area contributed by atoms with Gasteiger partial charge in [-0.1, -0.05) is 16.5 Å². The van der Waals surface area contributed by atoms with Crippen LogP contribution in [-0.4, -0.2) is 35.7 Å². The smallest absolute Gasteiger partial charge is 0.258 e. The van der Waals surface area contributed by atoms with Crippen molar-refractivity contribution in [3.05, 3.63) is 41.2 Å². The number of benzene rings is 1. The highest BCUT2D eigenvalue weighted by atomic mass is 32.2. The lowest BCUT2D eigenvalue weighted by atomic mass is 10.1. The summed E-state index contributed by atoms with van der Waals surface area (Å²) < 4.78 is 29.2. The van der Waals surface area contributed by atoms with Crippen molar-refractivity contribution in [1.82, 2.24) is 15.1 Å². The number of nitrogens with one attached hydrogen (secondary N) is 1. The van der Waals surface area contributed by atoms with E-state index in [1.165, 1.54) is 17.4 Å². The lowest BCUT2D eigenvalue weighted by Crippen LogP contribution is -2.13. The second-order valence-electron chi connectivity index (χ2n) is 6.13. The third-order valence-corrected chi connectivity index (χ3v) is 6.04. The molecule has 3 heterocycles. The molecule has 1 N–H and O–H groups in total. The highest BCUT2D eigenvalue weighted by molar-refractivity contribution is 7.90. The van der Waals surface area contributed by atoms with E-state index in [1.807, 2.05) is 0 Å². The van der Waals surface area contributed by atoms with E-state index < -0.39 is 9.84 Å². The molecular formula is C17H14N4O4S2. The van der Waals surface area contributed by atoms with Crippen molar-refractivity contribution in [3.63, 3.8) is 0 Å². The van der Waals surface area contributed by atoms with Gasteiger partial charge in [0.15, 0.2) is 15.0 Å². The van der Waals surface area contributed by atoms with Crippen LogP contribution in [-0.2, 0) is 9.84 Å². The molecule has 138 valence electrons. The van der Waals surface area contributed by atoms with Crippen molar-refractivity contribution < 1.29 is 17.7 Å². The van der Waals surface area contributed by atoms with Crippen LogP contribution in [0, 0.1) is 13.8 Å². The number of hydrogen-bond donors (Lipinski definition) is 1. The van der Waals surface area contributed by atoms with Gasteiger partial charge in [0.2, 0.25) is 0 Å². The molecule has 0 spiro atoms. The first-order valence-corrected chi connectivity index (χ1v) is 10.6. The first kappa shape index (κ1) is 17.6. The average molecular weight is 402 g/mol. The number of pyridine rings is 1. The van der Waals surface area contributed by atoms with Crippen LogP contribution in [0.15, 0.2) is 33.7 Å². The fourth-order valence-corrected chi connectivity index (χ4v) is 4.37. The number of fused-ring (bicyclic) bond motifs is 2. The Balaban J connectivity index is 1.72. The second-order valence-corrected chi connectivity index (χ2v) is 9.18. The van der Waals surface area contributed by atoms with Crippen molar-refractivity contribution in [3.8, 4) is 0 Å². The van der Waals surface area contributed by atoms with Gasteiger partial charge in [-0.05, 0) is 38.1 Å². The molecule has 1 aromatic carbocycles. The van der Waals surface area contributed by atoms with Gasteiger partial charge in [-0.3, -0.25) is 10.1 Å². The molecule has 8 nitrogen and oxygen atoms in total. The Morgan fingerprint density at radius 3 is 2.70 bits per heavy atom. The summed E-state index contributed by atoms with van der Waals surface area (Å²) in [7, 11) is -3.31. The number of carbonyl (C=O) groups excluding carboxylic acids is 1. The first-order valence-electron chi connectivity index (χ1n) is 7.88. The van der Waals surface area contributed by atoms with Crippen molar-refractivity contribution >= 4 is 53.5 Å². The zero-order valence-corrected chi connectivity index (χ0v) is 16.2. The van der Waals surface area contributed by atoms with Gasteiger partial charge < -0.3 is 4.52 Å². The highest BCUT2D eigenvalue weighted by Gasteiger charge is 2.19. The predicted octanol–water partition coefficient (Wildman–Crippen LogP) is 3.11. The summed E-state index contributed by atoms with van der Waals surface area (Å²) in [5.74, 6) is -0.362. The molecule has 27 heavy (non-hydrogen) atoms. The Labute approximate surface area is 158 Å². The SMILES string of the molecule is Cc1cc(C(=O)Nc2nc3ccc(S(C)(=O)=O)cc3s2)c2c(C)noc2n1. The molecule has 4 aromatic rings. The van der Waals surface area contributed by atoms with E-state index in [-0.39, 0.29) is 10.8 Å². The van der Waals surface area contributed by atoms with Gasteiger partial charge in [0.05, 0.1) is 31.8 Å². The number of sulfone groups is 1. The molecule has 0 unspecified atom stereocenters. The Bertz CT molecular complexity index is 1320. The molecule has 0 aliphatic rings. The molecule has 0 atom stereocenters. The highest BCUT2D eigenvalue weighted by Crippen LogP contribution is 2.29. The summed E-state index contributed by atoms with van der Waals surface area (Å²) in [4.78, 5) is 21.6. The summed E-state index contributed by atoms with van der Waals surface area (Å²) in [6, 6.07) is 6.34. The number of aryl methyl sites for hydroxylation is 2. The number of hydrogen-bond acceptors (Lipinski definition) is 8. The van der Waals surface area contributed by atoms with E-state index >= 15 is 0 Å². The molecule has 0 saturated heterocycles. The van der Waals surface area contributed by atoms with Crippen LogP contribution in [0.1, 0.15) is 21.7 Å². The Morgan fingerprint density at radius 1 is 1.19 bits per heavy atom. The van der Waals surface area contributed by atoms with Crippen LogP contribution < -0.4 is 5.32 Å². The maximum absolute atomic E-state index is 12.8. The molecule has 0 fully saturated rings. The fraction of sp³-hybridized carbons (Fsp3) is 0.176. The summed E-state index contributed by atoms with van der Waals surface area (Å²) in [5.41, 5.74) is 2.52. The maximum Gasteiger partial charge on any atom is 0.258 e.